The summed E-state index contributed by atoms with van der Waals surface area (Å²) in [5.41, 5.74) is 7.82. The largest absolute Gasteiger partial charge is 0.466 e. The molecule has 0 aromatic heterocycles. The van der Waals surface area contributed by atoms with Crippen molar-refractivity contribution in [3.8, 4) is 0 Å². The van der Waals surface area contributed by atoms with Crippen molar-refractivity contribution in [3.63, 3.8) is 0 Å². The fourth-order valence-electron chi connectivity index (χ4n) is 7.90. The predicted molar refractivity (Wildman–Crippen MR) is 253 cm³/mol. The summed E-state index contributed by atoms with van der Waals surface area (Å²) in [6, 6.07) is -1.06. The maximum Gasteiger partial charge on any atom is 0.328 e. The lowest BCUT2D eigenvalue weighted by molar-refractivity contribution is -0.406. The molecule has 2 unspecified atom stereocenters. The summed E-state index contributed by atoms with van der Waals surface area (Å²) in [6.45, 7) is 6.80. The smallest absolute Gasteiger partial charge is 0.328 e. The van der Waals surface area contributed by atoms with E-state index in [2.05, 4.69) is 35.9 Å². The van der Waals surface area contributed by atoms with Gasteiger partial charge in [-0.1, -0.05) is 200 Å². The van der Waals surface area contributed by atoms with Gasteiger partial charge in [-0.2, -0.15) is 0 Å². The fraction of sp³-hybridized carbons (Fsp3) is 0.922. The zero-order chi connectivity index (χ0) is 44.7. The third-order valence-electron chi connectivity index (χ3n) is 12.1. The van der Waals surface area contributed by atoms with Crippen LogP contribution in [0.2, 0.25) is 0 Å². The summed E-state index contributed by atoms with van der Waals surface area (Å²) in [5, 5.41) is 5.86. The van der Waals surface area contributed by atoms with Crippen LogP contribution in [-0.2, 0) is 28.7 Å². The molecule has 10 heteroatoms. The Bertz CT molecular complexity index is 998. The monoisotopic (exact) mass is 867 g/mol. The van der Waals surface area contributed by atoms with Crippen LogP contribution in [0, 0.1) is 0 Å². The van der Waals surface area contributed by atoms with E-state index in [1.807, 2.05) is 0 Å². The molecule has 2 atom stereocenters. The molecule has 0 fully saturated rings. The highest BCUT2D eigenvalue weighted by Crippen LogP contribution is 2.15. The van der Waals surface area contributed by atoms with E-state index >= 15 is 0 Å². The van der Waals surface area contributed by atoms with Gasteiger partial charge in [-0.05, 0) is 44.9 Å². The number of nitrogens with one attached hydrogen (secondary N) is 2. The van der Waals surface area contributed by atoms with Gasteiger partial charge in [0.1, 0.15) is 6.04 Å². The highest BCUT2D eigenvalue weighted by Gasteiger charge is 2.23. The van der Waals surface area contributed by atoms with Crippen LogP contribution in [0.15, 0.2) is 0 Å². The van der Waals surface area contributed by atoms with Gasteiger partial charge in [0.15, 0.2) is 6.04 Å². The molecule has 0 aromatic carbocycles. The SMILES string of the molecule is CCCCCCCCCCCCCCCCOC(=O)CCC(NC(=O)CCCCCCCNC(=O)C([NH3+])CCCC[NH3+])C(=O)OCCCCCCCCCCCCCCCC. The maximum atomic E-state index is 13.1. The van der Waals surface area contributed by atoms with Crippen molar-refractivity contribution in [3.05, 3.63) is 0 Å². The van der Waals surface area contributed by atoms with Crippen molar-refractivity contribution in [2.24, 2.45) is 0 Å². The Hall–Kier alpha value is -2.20. The number of quaternary nitrogens is 2. The Morgan fingerprint density at radius 2 is 0.869 bits per heavy atom. The lowest BCUT2D eigenvalue weighted by Gasteiger charge is -2.18. The molecule has 0 spiro atoms. The number of esters is 2. The number of amides is 2. The molecule has 0 aromatic rings. The summed E-state index contributed by atoms with van der Waals surface area (Å²) in [5.74, 6) is -0.963. The molecule has 0 heterocycles. The van der Waals surface area contributed by atoms with E-state index < -0.39 is 12.0 Å². The molecule has 0 rings (SSSR count). The summed E-state index contributed by atoms with van der Waals surface area (Å²) >= 11 is 0. The Labute approximate surface area is 376 Å². The van der Waals surface area contributed by atoms with E-state index in [0.29, 0.717) is 32.6 Å². The molecular weight excluding hydrogens is 765 g/mol. The van der Waals surface area contributed by atoms with Crippen LogP contribution < -0.4 is 22.1 Å². The average molecular weight is 867 g/mol. The van der Waals surface area contributed by atoms with Crippen LogP contribution >= 0.6 is 0 Å². The van der Waals surface area contributed by atoms with Crippen molar-refractivity contribution in [2.75, 3.05) is 26.3 Å². The molecule has 10 nitrogen and oxygen atoms in total. The predicted octanol–water partition coefficient (Wildman–Crippen LogP) is 10.8. The van der Waals surface area contributed by atoms with Crippen molar-refractivity contribution in [1.29, 1.82) is 0 Å². The Morgan fingerprint density at radius 3 is 1.33 bits per heavy atom. The third kappa shape index (κ3) is 42.9. The minimum atomic E-state index is -0.855. The lowest BCUT2D eigenvalue weighted by Crippen LogP contribution is -2.67. The maximum absolute atomic E-state index is 13.1. The summed E-state index contributed by atoms with van der Waals surface area (Å²) < 4.78 is 11.1. The molecule has 0 bridgehead atoms. The first kappa shape index (κ1) is 58.8. The minimum Gasteiger partial charge on any atom is -0.466 e. The van der Waals surface area contributed by atoms with E-state index in [1.54, 1.807) is 0 Å². The number of ether oxygens (including phenoxy) is 2. The van der Waals surface area contributed by atoms with E-state index in [1.165, 1.54) is 148 Å². The molecule has 2 amide bonds. The van der Waals surface area contributed by atoms with Crippen LogP contribution in [0.5, 0.6) is 0 Å². The van der Waals surface area contributed by atoms with Crippen LogP contribution in [0.4, 0.5) is 0 Å². The molecule has 360 valence electrons. The molecule has 0 saturated heterocycles. The Kier molecular flexibility index (Phi) is 45.6. The molecule has 8 N–H and O–H groups in total. The number of hydrogen-bond acceptors (Lipinski definition) is 6. The van der Waals surface area contributed by atoms with E-state index in [0.717, 1.165) is 83.6 Å². The molecule has 61 heavy (non-hydrogen) atoms. The fourth-order valence-corrected chi connectivity index (χ4v) is 7.90. The van der Waals surface area contributed by atoms with Gasteiger partial charge in [-0.25, -0.2) is 4.79 Å². The van der Waals surface area contributed by atoms with Crippen molar-refractivity contribution < 1.29 is 40.1 Å². The zero-order valence-electron chi connectivity index (χ0n) is 40.4. The Balaban J connectivity index is 4.41. The third-order valence-corrected chi connectivity index (χ3v) is 12.1. The van der Waals surface area contributed by atoms with Gasteiger partial charge >= 0.3 is 11.9 Å². The number of hydrogen-bond donors (Lipinski definition) is 4. The topological polar surface area (TPSA) is 166 Å². The second-order valence-corrected chi connectivity index (χ2v) is 18.1. The highest BCUT2D eigenvalue weighted by atomic mass is 16.5. The standard InChI is InChI=1S/C51H100N4O6/c1-3-5-7-9-11-13-15-17-19-21-23-25-30-36-44-60-49(57)41-40-47(51(59)61-45-37-31-26-24-22-20-18-16-14-12-10-8-6-4-2)55-48(56)39-32-28-27-29-35-43-54-50(58)46(53)38-33-34-42-52/h46-47H,3-45,52-53H2,1-2H3,(H,54,58)(H,55,56)/p+2. The number of rotatable bonds is 48. The second-order valence-electron chi connectivity index (χ2n) is 18.1. The summed E-state index contributed by atoms with van der Waals surface area (Å²) in [6.07, 6.45) is 43.3. The molecule has 0 aliphatic rings. The van der Waals surface area contributed by atoms with Crippen LogP contribution in [0.25, 0.3) is 0 Å². The van der Waals surface area contributed by atoms with Crippen LogP contribution in [-0.4, -0.2) is 62.1 Å². The molecular formula is C51H102N4O6+2. The number of carbonyl (C=O) groups is 4. The quantitative estimate of drug-likeness (QED) is 0.0351. The van der Waals surface area contributed by atoms with Gasteiger partial charge in [0.05, 0.1) is 19.8 Å². The second kappa shape index (κ2) is 47.3. The zero-order valence-corrected chi connectivity index (χ0v) is 40.4. The summed E-state index contributed by atoms with van der Waals surface area (Å²) in [7, 11) is 0. The van der Waals surface area contributed by atoms with Crippen molar-refractivity contribution in [2.45, 2.75) is 276 Å². The first-order valence-corrected chi connectivity index (χ1v) is 26.4. The molecule has 0 saturated carbocycles. The molecule has 0 radical (unpaired) electrons. The normalized spacial score (nSPS) is 12.3. The summed E-state index contributed by atoms with van der Waals surface area (Å²) in [4.78, 5) is 50.9. The molecule has 0 aliphatic carbocycles. The van der Waals surface area contributed by atoms with E-state index in [9.17, 15) is 19.2 Å². The van der Waals surface area contributed by atoms with Gasteiger partial charge in [-0.15, -0.1) is 0 Å². The van der Waals surface area contributed by atoms with Crippen molar-refractivity contribution in [1.82, 2.24) is 10.6 Å². The van der Waals surface area contributed by atoms with E-state index in [-0.39, 0.29) is 36.7 Å². The average Bonchev–Trinajstić information content (AvgIpc) is 3.25. The van der Waals surface area contributed by atoms with Gasteiger partial charge in [-0.3, -0.25) is 14.4 Å². The Morgan fingerprint density at radius 1 is 0.459 bits per heavy atom. The van der Waals surface area contributed by atoms with Gasteiger partial charge in [0.25, 0.3) is 5.91 Å². The molecule has 0 aliphatic heterocycles. The van der Waals surface area contributed by atoms with Gasteiger partial charge < -0.3 is 31.6 Å². The van der Waals surface area contributed by atoms with Crippen LogP contribution in [0.3, 0.4) is 0 Å². The van der Waals surface area contributed by atoms with E-state index in [4.69, 9.17) is 9.47 Å². The van der Waals surface area contributed by atoms with Gasteiger partial charge in [0, 0.05) is 25.8 Å². The van der Waals surface area contributed by atoms with Crippen molar-refractivity contribution >= 4 is 23.8 Å². The first-order chi connectivity index (χ1) is 29.8. The minimum absolute atomic E-state index is 0.0201. The lowest BCUT2D eigenvalue weighted by atomic mass is 10.0. The highest BCUT2D eigenvalue weighted by molar-refractivity contribution is 5.85. The number of carbonyl (C=O) groups excluding carboxylic acids is 4. The first-order valence-electron chi connectivity index (χ1n) is 26.4. The number of unbranched alkanes of at least 4 members (excludes halogenated alkanes) is 31. The van der Waals surface area contributed by atoms with Gasteiger partial charge in [0.2, 0.25) is 5.91 Å². The van der Waals surface area contributed by atoms with Crippen LogP contribution in [0.1, 0.15) is 264 Å².